The molecule has 0 bridgehead atoms. The van der Waals surface area contributed by atoms with Crippen molar-refractivity contribution in [3.63, 3.8) is 0 Å². The Kier molecular flexibility index (Phi) is 4.93. The highest BCUT2D eigenvalue weighted by Gasteiger charge is 2.29. The Morgan fingerprint density at radius 1 is 1.47 bits per heavy atom. The van der Waals surface area contributed by atoms with E-state index in [2.05, 4.69) is 34.5 Å². The number of likely N-dealkylation sites (tertiary alicyclic amines) is 1. The van der Waals surface area contributed by atoms with E-state index in [4.69, 9.17) is 5.73 Å². The molecule has 0 saturated carbocycles. The van der Waals surface area contributed by atoms with E-state index in [-0.39, 0.29) is 11.9 Å². The van der Waals surface area contributed by atoms with Gasteiger partial charge in [-0.1, -0.05) is 30.3 Å². The molecule has 1 heterocycles. The molecule has 2 unspecified atom stereocenters. The number of nitrogens with one attached hydrogen (secondary N) is 1. The monoisotopic (exact) mass is 261 g/mol. The zero-order valence-corrected chi connectivity index (χ0v) is 11.5. The van der Waals surface area contributed by atoms with Crippen LogP contribution in [0.4, 0.5) is 0 Å². The minimum Gasteiger partial charge on any atom is -0.359 e. The predicted molar refractivity (Wildman–Crippen MR) is 76.9 cm³/mol. The molecule has 0 radical (unpaired) electrons. The summed E-state index contributed by atoms with van der Waals surface area (Å²) in [5.74, 6) is 0.638. The second kappa shape index (κ2) is 6.68. The molecule has 1 aliphatic heterocycles. The van der Waals surface area contributed by atoms with Gasteiger partial charge in [0.1, 0.15) is 0 Å². The topological polar surface area (TPSA) is 58.4 Å². The van der Waals surface area contributed by atoms with E-state index in [0.717, 1.165) is 19.5 Å². The van der Waals surface area contributed by atoms with Crippen LogP contribution in [-0.2, 0) is 4.79 Å². The Hall–Kier alpha value is -1.39. The summed E-state index contributed by atoms with van der Waals surface area (Å²) >= 11 is 0. The lowest BCUT2D eigenvalue weighted by atomic mass is 9.99. The summed E-state index contributed by atoms with van der Waals surface area (Å²) in [6.45, 7) is 2.57. The number of rotatable bonds is 5. The standard InChI is InChI=1S/C15H23N3O/c1-17-15(19)9-14(10-16)18-8-7-13(11-18)12-5-3-2-4-6-12/h2-6,13-14H,7-11,16H2,1H3,(H,17,19). The van der Waals surface area contributed by atoms with E-state index in [1.165, 1.54) is 5.56 Å². The van der Waals surface area contributed by atoms with Gasteiger partial charge in [0, 0.05) is 32.6 Å². The molecule has 1 saturated heterocycles. The first-order valence-electron chi connectivity index (χ1n) is 6.94. The molecule has 4 nitrogen and oxygen atoms in total. The number of hydrogen-bond acceptors (Lipinski definition) is 3. The number of carbonyl (C=O) groups is 1. The molecule has 1 aromatic rings. The van der Waals surface area contributed by atoms with Crippen LogP contribution in [0.25, 0.3) is 0 Å². The first kappa shape index (κ1) is 14.0. The quantitative estimate of drug-likeness (QED) is 0.829. The largest absolute Gasteiger partial charge is 0.359 e. The van der Waals surface area contributed by atoms with Crippen molar-refractivity contribution in [3.05, 3.63) is 35.9 Å². The van der Waals surface area contributed by atoms with Crippen molar-refractivity contribution in [1.82, 2.24) is 10.2 Å². The van der Waals surface area contributed by atoms with E-state index < -0.39 is 0 Å². The molecule has 0 aromatic heterocycles. The van der Waals surface area contributed by atoms with Crippen molar-refractivity contribution in [2.45, 2.75) is 24.8 Å². The molecule has 19 heavy (non-hydrogen) atoms. The summed E-state index contributed by atoms with van der Waals surface area (Å²) in [6.07, 6.45) is 1.64. The van der Waals surface area contributed by atoms with Crippen LogP contribution in [0.3, 0.4) is 0 Å². The van der Waals surface area contributed by atoms with Gasteiger partial charge in [-0.05, 0) is 24.4 Å². The maximum absolute atomic E-state index is 11.5. The first-order valence-corrected chi connectivity index (χ1v) is 6.94. The van der Waals surface area contributed by atoms with Gasteiger partial charge in [-0.15, -0.1) is 0 Å². The van der Waals surface area contributed by atoms with Crippen LogP contribution in [0.1, 0.15) is 24.3 Å². The van der Waals surface area contributed by atoms with Crippen LogP contribution in [-0.4, -0.2) is 43.5 Å². The average Bonchev–Trinajstić information content (AvgIpc) is 2.95. The lowest BCUT2D eigenvalue weighted by Gasteiger charge is -2.26. The zero-order chi connectivity index (χ0) is 13.7. The molecule has 1 fully saturated rings. The summed E-state index contributed by atoms with van der Waals surface area (Å²) in [4.78, 5) is 13.9. The van der Waals surface area contributed by atoms with Crippen LogP contribution in [0.2, 0.25) is 0 Å². The SMILES string of the molecule is CNC(=O)CC(CN)N1CCC(c2ccccc2)C1. The molecule has 1 amide bonds. The average molecular weight is 261 g/mol. The highest BCUT2D eigenvalue weighted by Crippen LogP contribution is 2.28. The maximum atomic E-state index is 11.5. The van der Waals surface area contributed by atoms with E-state index in [9.17, 15) is 4.79 Å². The molecular formula is C15H23N3O. The van der Waals surface area contributed by atoms with Gasteiger partial charge in [0.25, 0.3) is 0 Å². The number of nitrogens with zero attached hydrogens (tertiary/aromatic N) is 1. The summed E-state index contributed by atoms with van der Waals surface area (Å²) in [7, 11) is 1.67. The van der Waals surface area contributed by atoms with Gasteiger partial charge in [0.15, 0.2) is 0 Å². The molecule has 104 valence electrons. The smallest absolute Gasteiger partial charge is 0.221 e. The van der Waals surface area contributed by atoms with Crippen molar-refractivity contribution in [3.8, 4) is 0 Å². The highest BCUT2D eigenvalue weighted by molar-refractivity contribution is 5.76. The van der Waals surface area contributed by atoms with E-state index in [0.29, 0.717) is 18.9 Å². The fourth-order valence-corrected chi connectivity index (χ4v) is 2.79. The van der Waals surface area contributed by atoms with Gasteiger partial charge < -0.3 is 11.1 Å². The van der Waals surface area contributed by atoms with Crippen LogP contribution >= 0.6 is 0 Å². The Bertz CT molecular complexity index is 407. The van der Waals surface area contributed by atoms with Gasteiger partial charge in [-0.25, -0.2) is 0 Å². The Morgan fingerprint density at radius 2 is 2.21 bits per heavy atom. The normalized spacial score (nSPS) is 21.3. The number of benzene rings is 1. The number of amides is 1. The van der Waals surface area contributed by atoms with Crippen molar-refractivity contribution >= 4 is 5.91 Å². The van der Waals surface area contributed by atoms with Crippen molar-refractivity contribution in [1.29, 1.82) is 0 Å². The summed E-state index contributed by atoms with van der Waals surface area (Å²) in [5, 5.41) is 2.67. The lowest BCUT2D eigenvalue weighted by molar-refractivity contribution is -0.121. The molecule has 1 aromatic carbocycles. The number of nitrogens with two attached hydrogens (primary N) is 1. The van der Waals surface area contributed by atoms with Crippen molar-refractivity contribution in [2.24, 2.45) is 5.73 Å². The third-order valence-corrected chi connectivity index (χ3v) is 3.98. The third kappa shape index (κ3) is 3.55. The molecule has 2 atom stereocenters. The fourth-order valence-electron chi connectivity index (χ4n) is 2.79. The summed E-state index contributed by atoms with van der Waals surface area (Å²) in [6, 6.07) is 10.7. The molecule has 3 N–H and O–H groups in total. The number of hydrogen-bond donors (Lipinski definition) is 2. The van der Waals surface area contributed by atoms with Crippen LogP contribution < -0.4 is 11.1 Å². The predicted octanol–water partition coefficient (Wildman–Crippen LogP) is 0.939. The molecule has 0 spiro atoms. The zero-order valence-electron chi connectivity index (χ0n) is 11.5. The van der Waals surface area contributed by atoms with Gasteiger partial charge >= 0.3 is 0 Å². The van der Waals surface area contributed by atoms with Gasteiger partial charge in [0.05, 0.1) is 0 Å². The van der Waals surface area contributed by atoms with Gasteiger partial charge in [-0.2, -0.15) is 0 Å². The maximum Gasteiger partial charge on any atom is 0.221 e. The van der Waals surface area contributed by atoms with E-state index >= 15 is 0 Å². The summed E-state index contributed by atoms with van der Waals surface area (Å²) < 4.78 is 0. The van der Waals surface area contributed by atoms with Crippen molar-refractivity contribution < 1.29 is 4.79 Å². The second-order valence-electron chi connectivity index (χ2n) is 5.16. The minimum atomic E-state index is 0.0682. The van der Waals surface area contributed by atoms with E-state index in [1.54, 1.807) is 7.05 Å². The molecular weight excluding hydrogens is 238 g/mol. The molecule has 1 aliphatic rings. The molecule has 4 heteroatoms. The lowest BCUT2D eigenvalue weighted by Crippen LogP contribution is -2.42. The second-order valence-corrected chi connectivity index (χ2v) is 5.16. The fraction of sp³-hybridized carbons (Fsp3) is 0.533. The molecule has 0 aliphatic carbocycles. The highest BCUT2D eigenvalue weighted by atomic mass is 16.1. The first-order chi connectivity index (χ1) is 9.24. The van der Waals surface area contributed by atoms with Gasteiger partial charge in [-0.3, -0.25) is 9.69 Å². The van der Waals surface area contributed by atoms with Crippen LogP contribution in [0.15, 0.2) is 30.3 Å². The van der Waals surface area contributed by atoms with E-state index in [1.807, 2.05) is 6.07 Å². The third-order valence-electron chi connectivity index (χ3n) is 3.98. The Labute approximate surface area is 115 Å². The van der Waals surface area contributed by atoms with Crippen LogP contribution in [0, 0.1) is 0 Å². The van der Waals surface area contributed by atoms with Crippen molar-refractivity contribution in [2.75, 3.05) is 26.7 Å². The minimum absolute atomic E-state index is 0.0682. The van der Waals surface area contributed by atoms with Crippen LogP contribution in [0.5, 0.6) is 0 Å². The number of carbonyl (C=O) groups excluding carboxylic acids is 1. The summed E-state index contributed by atoms with van der Waals surface area (Å²) in [5.41, 5.74) is 7.21. The van der Waals surface area contributed by atoms with Gasteiger partial charge in [0.2, 0.25) is 5.91 Å². The molecule has 2 rings (SSSR count). The Balaban J connectivity index is 1.95. The Morgan fingerprint density at radius 3 is 2.84 bits per heavy atom.